The molecule has 0 unspecified atom stereocenters. The summed E-state index contributed by atoms with van der Waals surface area (Å²) in [7, 11) is 0. The summed E-state index contributed by atoms with van der Waals surface area (Å²) in [6.45, 7) is 4.91. The Morgan fingerprint density at radius 2 is 2.22 bits per heavy atom. The Balaban J connectivity index is 2.04. The van der Waals surface area contributed by atoms with Crippen LogP contribution in [0.25, 0.3) is 0 Å². The second-order valence-corrected chi connectivity index (χ2v) is 6.14. The van der Waals surface area contributed by atoms with Crippen LogP contribution < -0.4 is 0 Å². The van der Waals surface area contributed by atoms with Crippen LogP contribution in [-0.2, 0) is 20.9 Å². The number of aliphatic carboxylic acids is 1. The first-order valence-electron chi connectivity index (χ1n) is 7.69. The van der Waals surface area contributed by atoms with Gasteiger partial charge in [0.25, 0.3) is 0 Å². The summed E-state index contributed by atoms with van der Waals surface area (Å²) in [5, 5.41) is 13.7. The predicted molar refractivity (Wildman–Crippen MR) is 84.5 cm³/mol. The molecule has 0 saturated carbocycles. The van der Waals surface area contributed by atoms with Crippen molar-refractivity contribution >= 4 is 23.5 Å². The van der Waals surface area contributed by atoms with Crippen LogP contribution in [0.2, 0.25) is 5.02 Å². The van der Waals surface area contributed by atoms with Crippen LogP contribution in [0, 0.1) is 13.8 Å². The van der Waals surface area contributed by atoms with Crippen molar-refractivity contribution in [2.75, 3.05) is 19.7 Å². The van der Waals surface area contributed by atoms with E-state index in [1.807, 2.05) is 0 Å². The highest BCUT2D eigenvalue weighted by molar-refractivity contribution is 6.31. The quantitative estimate of drug-likeness (QED) is 0.813. The van der Waals surface area contributed by atoms with E-state index in [0.29, 0.717) is 23.9 Å². The Hall–Kier alpha value is -1.60. The molecule has 1 aliphatic heterocycles. The number of aryl methyl sites for hydroxylation is 1. The zero-order chi connectivity index (χ0) is 17.0. The van der Waals surface area contributed by atoms with Gasteiger partial charge >= 0.3 is 5.97 Å². The third-order valence-electron chi connectivity index (χ3n) is 3.97. The number of aromatic nitrogens is 2. The first-order valence-corrected chi connectivity index (χ1v) is 8.07. The maximum Gasteiger partial charge on any atom is 0.305 e. The van der Waals surface area contributed by atoms with Crippen molar-refractivity contribution in [2.45, 2.75) is 45.8 Å². The molecule has 1 amide bonds. The number of carboxylic acid groups (broad SMARTS) is 1. The number of amides is 1. The van der Waals surface area contributed by atoms with Gasteiger partial charge in [-0.05, 0) is 26.7 Å². The van der Waals surface area contributed by atoms with E-state index in [1.54, 1.807) is 23.4 Å². The number of hydrogen-bond acceptors (Lipinski definition) is 4. The average molecular weight is 344 g/mol. The molecule has 0 aromatic carbocycles. The normalized spacial score (nSPS) is 17.4. The van der Waals surface area contributed by atoms with E-state index in [4.69, 9.17) is 21.4 Å². The topological polar surface area (TPSA) is 84.7 Å². The highest BCUT2D eigenvalue weighted by atomic mass is 35.5. The number of carboxylic acids is 1. The number of nitrogens with zero attached hydrogens (tertiary/aromatic N) is 3. The molecule has 7 nitrogen and oxygen atoms in total. The third-order valence-corrected chi connectivity index (χ3v) is 4.52. The summed E-state index contributed by atoms with van der Waals surface area (Å²) in [6.07, 6.45) is 1.76. The number of carbonyl (C=O) groups is 2. The van der Waals surface area contributed by atoms with E-state index in [2.05, 4.69) is 5.10 Å². The lowest BCUT2D eigenvalue weighted by molar-refractivity contribution is -0.139. The van der Waals surface area contributed by atoms with Gasteiger partial charge in [0.2, 0.25) is 5.91 Å². The minimum Gasteiger partial charge on any atom is -0.481 e. The van der Waals surface area contributed by atoms with Crippen LogP contribution in [0.5, 0.6) is 0 Å². The molecule has 128 valence electrons. The Morgan fingerprint density at radius 3 is 2.74 bits per heavy atom. The van der Waals surface area contributed by atoms with E-state index >= 15 is 0 Å². The molecule has 1 aromatic heterocycles. The summed E-state index contributed by atoms with van der Waals surface area (Å²) < 4.78 is 7.11. The molecule has 0 bridgehead atoms. The van der Waals surface area contributed by atoms with Gasteiger partial charge in [-0.15, -0.1) is 0 Å². The third kappa shape index (κ3) is 4.68. The van der Waals surface area contributed by atoms with E-state index in [9.17, 15) is 9.59 Å². The van der Waals surface area contributed by atoms with Crippen molar-refractivity contribution in [3.8, 4) is 0 Å². The highest BCUT2D eigenvalue weighted by Gasteiger charge is 2.24. The lowest BCUT2D eigenvalue weighted by Crippen LogP contribution is -2.40. The molecule has 8 heteroatoms. The lowest BCUT2D eigenvalue weighted by Gasteiger charge is -2.25. The molecule has 1 N–H and O–H groups in total. The molecule has 1 aliphatic rings. The average Bonchev–Trinajstić information content (AvgIpc) is 3.08. The Morgan fingerprint density at radius 1 is 1.48 bits per heavy atom. The number of carbonyl (C=O) groups excluding carboxylic acids is 1. The second kappa shape index (κ2) is 7.79. The largest absolute Gasteiger partial charge is 0.481 e. The number of halogens is 1. The monoisotopic (exact) mass is 343 g/mol. The van der Waals surface area contributed by atoms with Crippen molar-refractivity contribution in [1.29, 1.82) is 0 Å². The van der Waals surface area contributed by atoms with Crippen LogP contribution in [0.15, 0.2) is 0 Å². The molecule has 2 heterocycles. The maximum atomic E-state index is 12.6. The zero-order valence-corrected chi connectivity index (χ0v) is 14.2. The zero-order valence-electron chi connectivity index (χ0n) is 13.4. The highest BCUT2D eigenvalue weighted by Crippen LogP contribution is 2.19. The molecule has 0 aliphatic carbocycles. The molecule has 1 aromatic rings. The molecule has 0 spiro atoms. The van der Waals surface area contributed by atoms with Gasteiger partial charge in [0, 0.05) is 19.7 Å². The van der Waals surface area contributed by atoms with Gasteiger partial charge in [-0.25, -0.2) is 0 Å². The lowest BCUT2D eigenvalue weighted by atomic mass is 10.2. The van der Waals surface area contributed by atoms with E-state index in [1.165, 1.54) is 0 Å². The molecule has 0 radical (unpaired) electrons. The Bertz CT molecular complexity index is 582. The summed E-state index contributed by atoms with van der Waals surface area (Å²) >= 11 is 6.10. The fraction of sp³-hybridized carbons (Fsp3) is 0.667. The van der Waals surface area contributed by atoms with Crippen LogP contribution in [0.3, 0.4) is 0 Å². The second-order valence-electron chi connectivity index (χ2n) is 5.76. The fourth-order valence-corrected chi connectivity index (χ4v) is 2.78. The van der Waals surface area contributed by atoms with Crippen LogP contribution >= 0.6 is 11.6 Å². The van der Waals surface area contributed by atoms with Gasteiger partial charge in [0.05, 0.1) is 28.9 Å². The van der Waals surface area contributed by atoms with Crippen LogP contribution in [0.4, 0.5) is 0 Å². The molecule has 1 saturated heterocycles. The van der Waals surface area contributed by atoms with Gasteiger partial charge in [0.1, 0.15) is 6.54 Å². The number of ether oxygens (including phenoxy) is 1. The smallest absolute Gasteiger partial charge is 0.305 e. The first-order chi connectivity index (χ1) is 10.9. The molecule has 23 heavy (non-hydrogen) atoms. The summed E-state index contributed by atoms with van der Waals surface area (Å²) in [4.78, 5) is 24.9. The standard InChI is InChI=1S/C15H22ClN3O4/c1-10-15(16)11(2)19(17-10)9-13(20)18(6-5-14(21)22)8-12-4-3-7-23-12/h12H,3-9H2,1-2H3,(H,21,22)/t12-/m1/s1. The SMILES string of the molecule is Cc1nn(CC(=O)N(CCC(=O)O)C[C@H]2CCCO2)c(C)c1Cl. The Kier molecular flexibility index (Phi) is 6.01. The van der Waals surface area contributed by atoms with Crippen molar-refractivity contribution < 1.29 is 19.4 Å². The molecular weight excluding hydrogens is 322 g/mol. The summed E-state index contributed by atoms with van der Waals surface area (Å²) in [5.41, 5.74) is 1.40. The number of rotatable bonds is 7. The van der Waals surface area contributed by atoms with Gasteiger partial charge in [-0.2, -0.15) is 5.10 Å². The molecule has 2 rings (SSSR count). The van der Waals surface area contributed by atoms with Gasteiger partial charge in [0.15, 0.2) is 0 Å². The van der Waals surface area contributed by atoms with E-state index in [-0.39, 0.29) is 31.5 Å². The van der Waals surface area contributed by atoms with Gasteiger partial charge < -0.3 is 14.7 Å². The van der Waals surface area contributed by atoms with Crippen molar-refractivity contribution in [2.24, 2.45) is 0 Å². The minimum absolute atomic E-state index is 0.0169. The van der Waals surface area contributed by atoms with E-state index in [0.717, 1.165) is 18.5 Å². The van der Waals surface area contributed by atoms with Gasteiger partial charge in [-0.1, -0.05) is 11.6 Å². The minimum atomic E-state index is -0.927. The van der Waals surface area contributed by atoms with Gasteiger partial charge in [-0.3, -0.25) is 14.3 Å². The van der Waals surface area contributed by atoms with Crippen LogP contribution in [0.1, 0.15) is 30.7 Å². The maximum absolute atomic E-state index is 12.6. The first kappa shape index (κ1) is 17.7. The number of hydrogen-bond donors (Lipinski definition) is 1. The van der Waals surface area contributed by atoms with Crippen LogP contribution in [-0.4, -0.2) is 57.5 Å². The van der Waals surface area contributed by atoms with E-state index < -0.39 is 5.97 Å². The van der Waals surface area contributed by atoms with Crippen molar-refractivity contribution in [3.05, 3.63) is 16.4 Å². The van der Waals surface area contributed by atoms with Crippen molar-refractivity contribution in [1.82, 2.24) is 14.7 Å². The fourth-order valence-electron chi connectivity index (χ4n) is 2.64. The molecule has 1 fully saturated rings. The summed E-state index contributed by atoms with van der Waals surface area (Å²) in [6, 6.07) is 0. The Labute approximate surface area is 140 Å². The molecular formula is C15H22ClN3O4. The predicted octanol–water partition coefficient (Wildman–Crippen LogP) is 1.64. The molecule has 1 atom stereocenters. The summed E-state index contributed by atoms with van der Waals surface area (Å²) in [5.74, 6) is -1.10. The van der Waals surface area contributed by atoms with Crippen molar-refractivity contribution in [3.63, 3.8) is 0 Å².